The van der Waals surface area contributed by atoms with E-state index in [-0.39, 0.29) is 0 Å². The van der Waals surface area contributed by atoms with Gasteiger partial charge in [0.1, 0.15) is 16.0 Å². The normalized spacial score (nSPS) is 10.4. The van der Waals surface area contributed by atoms with Crippen molar-refractivity contribution in [1.82, 2.24) is 15.0 Å². The third-order valence-corrected chi connectivity index (χ3v) is 2.82. The number of aromatic nitrogens is 3. The number of hydrogen-bond acceptors (Lipinski definition) is 4. The van der Waals surface area contributed by atoms with Crippen LogP contribution >= 0.6 is 22.9 Å². The summed E-state index contributed by atoms with van der Waals surface area (Å²) >= 11 is 7.36. The molecule has 2 rings (SSSR count). The van der Waals surface area contributed by atoms with Gasteiger partial charge in [0.25, 0.3) is 0 Å². The van der Waals surface area contributed by atoms with Gasteiger partial charge in [-0.25, -0.2) is 15.0 Å². The number of hydrogen-bond donors (Lipinski definition) is 0. The van der Waals surface area contributed by atoms with E-state index in [1.165, 1.54) is 0 Å². The SMILES string of the molecule is Cc1csc(Cc2nccc(Cl)n2)n1. The molecule has 0 radical (unpaired) electrons. The average Bonchev–Trinajstić information content (AvgIpc) is 2.51. The highest BCUT2D eigenvalue weighted by Crippen LogP contribution is 2.12. The molecule has 0 aliphatic heterocycles. The molecule has 72 valence electrons. The first-order valence-corrected chi connectivity index (χ1v) is 5.38. The molecule has 0 saturated carbocycles. The lowest BCUT2D eigenvalue weighted by atomic mass is 10.4. The first kappa shape index (κ1) is 9.55. The number of rotatable bonds is 2. The highest BCUT2D eigenvalue weighted by Gasteiger charge is 2.03. The molecule has 2 aromatic rings. The molecular formula is C9H8ClN3S. The molecule has 14 heavy (non-hydrogen) atoms. The van der Waals surface area contributed by atoms with Crippen LogP contribution in [0.15, 0.2) is 17.6 Å². The number of nitrogens with zero attached hydrogens (tertiary/aromatic N) is 3. The van der Waals surface area contributed by atoms with Gasteiger partial charge in [-0.3, -0.25) is 0 Å². The van der Waals surface area contributed by atoms with Crippen LogP contribution in [0.4, 0.5) is 0 Å². The van der Waals surface area contributed by atoms with Crippen LogP contribution in [0.1, 0.15) is 16.5 Å². The maximum Gasteiger partial charge on any atom is 0.136 e. The van der Waals surface area contributed by atoms with Crippen LogP contribution in [0.25, 0.3) is 0 Å². The maximum absolute atomic E-state index is 5.75. The van der Waals surface area contributed by atoms with Crippen LogP contribution in [0, 0.1) is 6.92 Å². The second kappa shape index (κ2) is 4.02. The van der Waals surface area contributed by atoms with Gasteiger partial charge >= 0.3 is 0 Å². The van der Waals surface area contributed by atoms with Gasteiger partial charge in [0, 0.05) is 17.3 Å². The summed E-state index contributed by atoms with van der Waals surface area (Å²) in [7, 11) is 0. The van der Waals surface area contributed by atoms with Crippen molar-refractivity contribution >= 4 is 22.9 Å². The Bertz CT molecular complexity index is 441. The van der Waals surface area contributed by atoms with Gasteiger partial charge in [0.05, 0.1) is 6.42 Å². The van der Waals surface area contributed by atoms with Crippen molar-refractivity contribution in [3.8, 4) is 0 Å². The predicted octanol–water partition coefficient (Wildman–Crippen LogP) is 2.49. The summed E-state index contributed by atoms with van der Waals surface area (Å²) in [6.45, 7) is 1.97. The van der Waals surface area contributed by atoms with E-state index in [1.54, 1.807) is 23.6 Å². The first-order valence-electron chi connectivity index (χ1n) is 4.12. The minimum absolute atomic E-state index is 0.475. The van der Waals surface area contributed by atoms with E-state index in [1.807, 2.05) is 12.3 Å². The summed E-state index contributed by atoms with van der Waals surface area (Å²) in [5.74, 6) is 0.715. The molecule has 0 aliphatic carbocycles. The molecule has 0 aromatic carbocycles. The van der Waals surface area contributed by atoms with Gasteiger partial charge in [0.2, 0.25) is 0 Å². The Balaban J connectivity index is 2.18. The quantitative estimate of drug-likeness (QED) is 0.738. The summed E-state index contributed by atoms with van der Waals surface area (Å²) < 4.78 is 0. The third kappa shape index (κ3) is 2.27. The molecule has 0 bridgehead atoms. The summed E-state index contributed by atoms with van der Waals surface area (Å²) in [5.41, 5.74) is 1.03. The van der Waals surface area contributed by atoms with Crippen molar-refractivity contribution in [2.75, 3.05) is 0 Å². The fraction of sp³-hybridized carbons (Fsp3) is 0.222. The minimum Gasteiger partial charge on any atom is -0.246 e. The Morgan fingerprint density at radius 1 is 1.43 bits per heavy atom. The molecule has 0 aliphatic rings. The van der Waals surface area contributed by atoms with Crippen molar-refractivity contribution in [2.45, 2.75) is 13.3 Å². The smallest absolute Gasteiger partial charge is 0.136 e. The average molecular weight is 226 g/mol. The van der Waals surface area contributed by atoms with Crippen LogP contribution in [0.5, 0.6) is 0 Å². The molecule has 0 N–H and O–H groups in total. The second-order valence-corrected chi connectivity index (χ2v) is 4.18. The molecule has 0 spiro atoms. The first-order chi connectivity index (χ1) is 6.74. The molecule has 3 nitrogen and oxygen atoms in total. The van der Waals surface area contributed by atoms with Gasteiger partial charge in [-0.1, -0.05) is 11.6 Å². The molecule has 0 amide bonds. The summed E-state index contributed by atoms with van der Waals surface area (Å²) in [5, 5.41) is 3.51. The Morgan fingerprint density at radius 2 is 2.29 bits per heavy atom. The van der Waals surface area contributed by atoms with Crippen molar-refractivity contribution < 1.29 is 0 Å². The van der Waals surface area contributed by atoms with Gasteiger partial charge in [-0.2, -0.15) is 0 Å². The molecule has 0 atom stereocenters. The lowest BCUT2D eigenvalue weighted by molar-refractivity contribution is 0.952. The third-order valence-electron chi connectivity index (χ3n) is 1.65. The molecule has 2 aromatic heterocycles. The fourth-order valence-electron chi connectivity index (χ4n) is 1.08. The standard InChI is InChI=1S/C9H8ClN3S/c1-6-5-14-9(12-6)4-8-11-3-2-7(10)13-8/h2-3,5H,4H2,1H3. The van der Waals surface area contributed by atoms with E-state index >= 15 is 0 Å². The van der Waals surface area contributed by atoms with E-state index in [0.717, 1.165) is 10.7 Å². The van der Waals surface area contributed by atoms with E-state index < -0.39 is 0 Å². The summed E-state index contributed by atoms with van der Waals surface area (Å²) in [6.07, 6.45) is 2.31. The second-order valence-electron chi connectivity index (χ2n) is 2.85. The molecule has 0 unspecified atom stereocenters. The van der Waals surface area contributed by atoms with E-state index in [2.05, 4.69) is 15.0 Å². The number of aryl methyl sites for hydroxylation is 1. The predicted molar refractivity (Wildman–Crippen MR) is 56.7 cm³/mol. The van der Waals surface area contributed by atoms with Crippen molar-refractivity contribution in [2.24, 2.45) is 0 Å². The Kier molecular flexibility index (Phi) is 2.74. The Labute approximate surface area is 90.8 Å². The number of halogens is 1. The molecule has 0 fully saturated rings. The minimum atomic E-state index is 0.475. The zero-order chi connectivity index (χ0) is 9.97. The van der Waals surface area contributed by atoms with Gasteiger partial charge < -0.3 is 0 Å². The lowest BCUT2D eigenvalue weighted by Crippen LogP contribution is -1.95. The number of thiazole rings is 1. The summed E-state index contributed by atoms with van der Waals surface area (Å²) in [6, 6.07) is 1.66. The van der Waals surface area contributed by atoms with E-state index in [9.17, 15) is 0 Å². The summed E-state index contributed by atoms with van der Waals surface area (Å²) in [4.78, 5) is 12.5. The molecule has 2 heterocycles. The van der Waals surface area contributed by atoms with Crippen LogP contribution < -0.4 is 0 Å². The monoisotopic (exact) mass is 225 g/mol. The molecule has 0 saturated heterocycles. The Hall–Kier alpha value is -1.00. The van der Waals surface area contributed by atoms with Crippen molar-refractivity contribution in [1.29, 1.82) is 0 Å². The lowest BCUT2D eigenvalue weighted by Gasteiger charge is -1.95. The van der Waals surface area contributed by atoms with Crippen LogP contribution in [0.2, 0.25) is 5.15 Å². The molecule has 5 heteroatoms. The molecular weight excluding hydrogens is 218 g/mol. The van der Waals surface area contributed by atoms with E-state index in [4.69, 9.17) is 11.6 Å². The largest absolute Gasteiger partial charge is 0.246 e. The van der Waals surface area contributed by atoms with Gasteiger partial charge in [-0.05, 0) is 13.0 Å². The van der Waals surface area contributed by atoms with Crippen molar-refractivity contribution in [3.63, 3.8) is 0 Å². The van der Waals surface area contributed by atoms with Crippen molar-refractivity contribution in [3.05, 3.63) is 39.3 Å². The van der Waals surface area contributed by atoms with Gasteiger partial charge in [-0.15, -0.1) is 11.3 Å². The maximum atomic E-state index is 5.75. The highest BCUT2D eigenvalue weighted by atomic mass is 35.5. The Morgan fingerprint density at radius 3 is 2.93 bits per heavy atom. The highest BCUT2D eigenvalue weighted by molar-refractivity contribution is 7.09. The fourth-order valence-corrected chi connectivity index (χ4v) is 2.00. The zero-order valence-corrected chi connectivity index (χ0v) is 9.14. The zero-order valence-electron chi connectivity index (χ0n) is 7.57. The van der Waals surface area contributed by atoms with Crippen LogP contribution in [0.3, 0.4) is 0 Å². The van der Waals surface area contributed by atoms with Gasteiger partial charge in [0.15, 0.2) is 0 Å². The van der Waals surface area contributed by atoms with Crippen LogP contribution in [-0.2, 0) is 6.42 Å². The van der Waals surface area contributed by atoms with E-state index in [0.29, 0.717) is 17.4 Å². The van der Waals surface area contributed by atoms with Crippen LogP contribution in [-0.4, -0.2) is 15.0 Å². The topological polar surface area (TPSA) is 38.7 Å².